The van der Waals surface area contributed by atoms with Crippen molar-refractivity contribution in [3.8, 4) is 0 Å². The monoisotopic (exact) mass is 354 g/mol. The fraction of sp³-hybridized carbons (Fsp3) is 0.739. The molecule has 2 heterocycles. The van der Waals surface area contributed by atoms with Crippen LogP contribution in [0, 0.1) is 10.8 Å². The molecule has 0 aromatic heterocycles. The molecule has 4 aliphatic rings. The van der Waals surface area contributed by atoms with Gasteiger partial charge in [0.25, 0.3) is 0 Å². The Morgan fingerprint density at radius 2 is 1.73 bits per heavy atom. The zero-order valence-corrected chi connectivity index (χ0v) is 16.0. The molecule has 4 fully saturated rings. The Morgan fingerprint density at radius 3 is 2.31 bits per heavy atom. The molecule has 1 aromatic carbocycles. The van der Waals surface area contributed by atoms with Crippen molar-refractivity contribution in [1.82, 2.24) is 10.2 Å². The van der Waals surface area contributed by atoms with Crippen LogP contribution in [-0.2, 0) is 6.54 Å². The summed E-state index contributed by atoms with van der Waals surface area (Å²) in [6, 6.07) is 13.1. The maximum absolute atomic E-state index is 9.99. The third-order valence-corrected chi connectivity index (χ3v) is 8.11. The first-order valence-corrected chi connectivity index (χ1v) is 10.8. The summed E-state index contributed by atoms with van der Waals surface area (Å²) in [5.41, 5.74) is 2.29. The van der Waals surface area contributed by atoms with Gasteiger partial charge < -0.3 is 10.4 Å². The second kappa shape index (κ2) is 6.61. The number of rotatable bonds is 6. The molecule has 2 unspecified atom stereocenters. The molecule has 2 atom stereocenters. The van der Waals surface area contributed by atoms with Crippen LogP contribution >= 0.6 is 0 Å². The standard InChI is InChI=1S/C23H34N2O/c26-17-23(14-22(15-23)9-4-10-22)16-24-19-11-20-7-8-21(12-19)25(20)13-18-5-2-1-3-6-18/h1-3,5-6,19-21,24,26H,4,7-17H2. The quantitative estimate of drug-likeness (QED) is 0.817. The summed E-state index contributed by atoms with van der Waals surface area (Å²) in [6.45, 7) is 2.53. The van der Waals surface area contributed by atoms with Gasteiger partial charge in [0.05, 0.1) is 0 Å². The van der Waals surface area contributed by atoms with Gasteiger partial charge >= 0.3 is 0 Å². The van der Waals surface area contributed by atoms with Crippen molar-refractivity contribution in [3.63, 3.8) is 0 Å². The van der Waals surface area contributed by atoms with Crippen LogP contribution in [0.25, 0.3) is 0 Å². The third kappa shape index (κ3) is 3.02. The van der Waals surface area contributed by atoms with Gasteiger partial charge in [0.15, 0.2) is 0 Å². The lowest BCUT2D eigenvalue weighted by Gasteiger charge is -2.61. The van der Waals surface area contributed by atoms with E-state index in [4.69, 9.17) is 0 Å². The average molecular weight is 355 g/mol. The summed E-state index contributed by atoms with van der Waals surface area (Å²) in [5.74, 6) is 0. The van der Waals surface area contributed by atoms with E-state index in [-0.39, 0.29) is 5.41 Å². The Kier molecular flexibility index (Phi) is 4.38. The zero-order chi connectivity index (χ0) is 17.6. The molecule has 3 nitrogen and oxygen atoms in total. The second-order valence-corrected chi connectivity index (χ2v) is 9.96. The predicted molar refractivity (Wildman–Crippen MR) is 105 cm³/mol. The average Bonchev–Trinajstić information content (AvgIpc) is 2.83. The highest BCUT2D eigenvalue weighted by molar-refractivity contribution is 5.16. The highest BCUT2D eigenvalue weighted by atomic mass is 16.3. The molecule has 2 saturated heterocycles. The Hall–Kier alpha value is -0.900. The molecular weight excluding hydrogens is 320 g/mol. The summed E-state index contributed by atoms with van der Waals surface area (Å²) >= 11 is 0. The molecule has 2 N–H and O–H groups in total. The van der Waals surface area contributed by atoms with Gasteiger partial charge in [-0.3, -0.25) is 4.90 Å². The Balaban J connectivity index is 1.15. The smallest absolute Gasteiger partial charge is 0.0500 e. The van der Waals surface area contributed by atoms with Crippen molar-refractivity contribution in [3.05, 3.63) is 35.9 Å². The van der Waals surface area contributed by atoms with E-state index in [1.165, 1.54) is 63.4 Å². The molecule has 2 aliphatic carbocycles. The van der Waals surface area contributed by atoms with Crippen molar-refractivity contribution in [2.75, 3.05) is 13.2 Å². The molecule has 142 valence electrons. The molecule has 2 aliphatic heterocycles. The maximum atomic E-state index is 9.99. The van der Waals surface area contributed by atoms with Gasteiger partial charge in [-0.15, -0.1) is 0 Å². The maximum Gasteiger partial charge on any atom is 0.0500 e. The van der Waals surface area contributed by atoms with Gasteiger partial charge in [-0.25, -0.2) is 0 Å². The number of hydrogen-bond donors (Lipinski definition) is 2. The second-order valence-electron chi connectivity index (χ2n) is 9.96. The van der Waals surface area contributed by atoms with Crippen LogP contribution in [0.2, 0.25) is 0 Å². The lowest BCUT2D eigenvalue weighted by Crippen LogP contribution is -2.58. The minimum absolute atomic E-state index is 0.195. The Morgan fingerprint density at radius 1 is 1.04 bits per heavy atom. The van der Waals surface area contributed by atoms with E-state index < -0.39 is 0 Å². The van der Waals surface area contributed by atoms with Crippen LogP contribution in [0.15, 0.2) is 30.3 Å². The molecule has 2 saturated carbocycles. The first-order chi connectivity index (χ1) is 12.7. The fourth-order valence-electron chi connectivity index (χ4n) is 6.72. The number of benzene rings is 1. The molecule has 5 rings (SSSR count). The largest absolute Gasteiger partial charge is 0.396 e. The highest BCUT2D eigenvalue weighted by Crippen LogP contribution is 2.64. The Bertz CT molecular complexity index is 604. The summed E-state index contributed by atoms with van der Waals surface area (Å²) in [5, 5.41) is 13.9. The van der Waals surface area contributed by atoms with Gasteiger partial charge in [-0.05, 0) is 62.3 Å². The molecule has 3 heteroatoms. The van der Waals surface area contributed by atoms with Crippen molar-refractivity contribution in [1.29, 1.82) is 0 Å². The number of hydrogen-bond acceptors (Lipinski definition) is 3. The van der Waals surface area contributed by atoms with Gasteiger partial charge in [0.1, 0.15) is 0 Å². The summed E-state index contributed by atoms with van der Waals surface area (Å²) in [6.07, 6.45) is 12.1. The van der Waals surface area contributed by atoms with Crippen molar-refractivity contribution < 1.29 is 5.11 Å². The van der Waals surface area contributed by atoms with E-state index in [0.29, 0.717) is 18.1 Å². The lowest BCUT2D eigenvalue weighted by atomic mass is 9.45. The predicted octanol–water partition coefficient (Wildman–Crippen LogP) is 3.71. The number of nitrogens with one attached hydrogen (secondary N) is 1. The van der Waals surface area contributed by atoms with Crippen molar-refractivity contribution in [2.45, 2.75) is 82.5 Å². The Labute approximate surface area is 158 Å². The van der Waals surface area contributed by atoms with Crippen LogP contribution in [-0.4, -0.2) is 41.3 Å². The van der Waals surface area contributed by atoms with Crippen molar-refractivity contribution >= 4 is 0 Å². The molecular formula is C23H34N2O. The lowest BCUT2D eigenvalue weighted by molar-refractivity contribution is -0.120. The normalized spacial score (nSPS) is 34.4. The first kappa shape index (κ1) is 17.2. The van der Waals surface area contributed by atoms with E-state index in [9.17, 15) is 5.11 Å². The van der Waals surface area contributed by atoms with E-state index >= 15 is 0 Å². The van der Waals surface area contributed by atoms with Gasteiger partial charge in [0, 0.05) is 43.2 Å². The van der Waals surface area contributed by atoms with Gasteiger partial charge in [-0.2, -0.15) is 0 Å². The zero-order valence-electron chi connectivity index (χ0n) is 16.0. The molecule has 1 spiro atoms. The van der Waals surface area contributed by atoms with E-state index in [1.54, 1.807) is 0 Å². The minimum atomic E-state index is 0.195. The number of aliphatic hydroxyl groups excluding tert-OH is 1. The van der Waals surface area contributed by atoms with E-state index in [2.05, 4.69) is 40.5 Å². The van der Waals surface area contributed by atoms with Gasteiger partial charge in [0.2, 0.25) is 0 Å². The van der Waals surface area contributed by atoms with Crippen molar-refractivity contribution in [2.24, 2.45) is 10.8 Å². The summed E-state index contributed by atoms with van der Waals surface area (Å²) < 4.78 is 0. The summed E-state index contributed by atoms with van der Waals surface area (Å²) in [4.78, 5) is 2.77. The molecule has 2 bridgehead atoms. The number of aliphatic hydroxyl groups is 1. The summed E-state index contributed by atoms with van der Waals surface area (Å²) in [7, 11) is 0. The fourth-order valence-corrected chi connectivity index (χ4v) is 6.72. The SMILES string of the molecule is OCC1(CNC2CC3CCC(C2)N3Cc2ccccc2)CC2(CCC2)C1. The molecule has 26 heavy (non-hydrogen) atoms. The molecule has 0 amide bonds. The van der Waals surface area contributed by atoms with Gasteiger partial charge in [-0.1, -0.05) is 36.8 Å². The highest BCUT2D eigenvalue weighted by Gasteiger charge is 2.56. The van der Waals surface area contributed by atoms with Crippen LogP contribution in [0.4, 0.5) is 0 Å². The number of fused-ring (bicyclic) bond motifs is 2. The first-order valence-electron chi connectivity index (χ1n) is 10.8. The third-order valence-electron chi connectivity index (χ3n) is 8.11. The number of nitrogens with zero attached hydrogens (tertiary/aromatic N) is 1. The van der Waals surface area contributed by atoms with Crippen LogP contribution < -0.4 is 5.32 Å². The van der Waals surface area contributed by atoms with Crippen LogP contribution in [0.3, 0.4) is 0 Å². The minimum Gasteiger partial charge on any atom is -0.396 e. The number of piperidine rings is 1. The van der Waals surface area contributed by atoms with E-state index in [0.717, 1.165) is 25.2 Å². The van der Waals surface area contributed by atoms with Crippen LogP contribution in [0.1, 0.15) is 63.4 Å². The molecule has 0 radical (unpaired) electrons. The van der Waals surface area contributed by atoms with E-state index in [1.807, 2.05) is 0 Å². The molecule has 1 aromatic rings. The topological polar surface area (TPSA) is 35.5 Å². The van der Waals surface area contributed by atoms with Crippen LogP contribution in [0.5, 0.6) is 0 Å².